The molecule has 2 aliphatic rings. The van der Waals surface area contributed by atoms with Crippen molar-refractivity contribution in [3.63, 3.8) is 0 Å². The molecule has 1 fully saturated rings. The number of rotatable bonds is 2. The van der Waals surface area contributed by atoms with Crippen LogP contribution in [0.4, 0.5) is 0 Å². The molecule has 1 aromatic rings. The molecule has 21 heavy (non-hydrogen) atoms. The summed E-state index contributed by atoms with van der Waals surface area (Å²) in [5.41, 5.74) is 1.79. The molecule has 3 nitrogen and oxygen atoms in total. The van der Waals surface area contributed by atoms with Gasteiger partial charge in [-0.1, -0.05) is 18.2 Å². The van der Waals surface area contributed by atoms with Crippen LogP contribution in [0.3, 0.4) is 0 Å². The highest BCUT2D eigenvalue weighted by molar-refractivity contribution is 5.38. The molecule has 0 bridgehead atoms. The quantitative estimate of drug-likeness (QED) is 0.905. The Morgan fingerprint density at radius 2 is 2.00 bits per heavy atom. The van der Waals surface area contributed by atoms with Gasteiger partial charge in [-0.25, -0.2) is 0 Å². The van der Waals surface area contributed by atoms with Gasteiger partial charge in [0.05, 0.1) is 6.61 Å². The minimum atomic E-state index is 0.195. The van der Waals surface area contributed by atoms with E-state index in [1.165, 1.54) is 5.56 Å². The van der Waals surface area contributed by atoms with E-state index in [4.69, 9.17) is 4.74 Å². The number of nitrogens with one attached hydrogen (secondary N) is 1. The second kappa shape index (κ2) is 5.29. The van der Waals surface area contributed by atoms with Gasteiger partial charge in [0.2, 0.25) is 0 Å². The number of nitrogens with zero attached hydrogens (tertiary/aromatic N) is 1. The summed E-state index contributed by atoms with van der Waals surface area (Å²) >= 11 is 0. The van der Waals surface area contributed by atoms with Crippen LogP contribution >= 0.6 is 0 Å². The van der Waals surface area contributed by atoms with Crippen LogP contribution in [0.5, 0.6) is 5.75 Å². The van der Waals surface area contributed by atoms with Crippen molar-refractivity contribution in [2.24, 2.45) is 0 Å². The molecule has 0 spiro atoms. The fraction of sp³-hybridized carbons (Fsp3) is 0.667. The normalized spacial score (nSPS) is 27.7. The van der Waals surface area contributed by atoms with E-state index >= 15 is 0 Å². The first-order chi connectivity index (χ1) is 9.87. The van der Waals surface area contributed by atoms with Crippen molar-refractivity contribution in [1.82, 2.24) is 10.2 Å². The number of hydrogen-bond donors (Lipinski definition) is 1. The van der Waals surface area contributed by atoms with Gasteiger partial charge in [-0.3, -0.25) is 4.90 Å². The van der Waals surface area contributed by atoms with E-state index in [0.717, 1.165) is 38.4 Å². The van der Waals surface area contributed by atoms with Crippen molar-refractivity contribution in [3.8, 4) is 5.75 Å². The zero-order valence-electron chi connectivity index (χ0n) is 13.8. The third kappa shape index (κ3) is 3.09. The van der Waals surface area contributed by atoms with E-state index in [0.29, 0.717) is 5.92 Å². The largest absolute Gasteiger partial charge is 0.493 e. The Kier molecular flexibility index (Phi) is 3.74. The van der Waals surface area contributed by atoms with Crippen molar-refractivity contribution >= 4 is 0 Å². The molecule has 1 atom stereocenters. The first kappa shape index (κ1) is 14.9. The van der Waals surface area contributed by atoms with Crippen molar-refractivity contribution in [3.05, 3.63) is 29.8 Å². The molecule has 116 valence electrons. The smallest absolute Gasteiger partial charge is 0.122 e. The fourth-order valence-corrected chi connectivity index (χ4v) is 3.50. The van der Waals surface area contributed by atoms with Crippen LogP contribution in [-0.4, -0.2) is 42.2 Å². The molecule has 3 heteroatoms. The maximum atomic E-state index is 5.80. The predicted octanol–water partition coefficient (Wildman–Crippen LogP) is 3.02. The number of hydrogen-bond acceptors (Lipinski definition) is 3. The molecule has 1 saturated heterocycles. The topological polar surface area (TPSA) is 24.5 Å². The Morgan fingerprint density at radius 1 is 1.24 bits per heavy atom. The van der Waals surface area contributed by atoms with Crippen molar-refractivity contribution in [2.45, 2.75) is 51.1 Å². The second-order valence-electron chi connectivity index (χ2n) is 7.80. The van der Waals surface area contributed by atoms with Gasteiger partial charge in [0.25, 0.3) is 0 Å². The Morgan fingerprint density at radius 3 is 2.81 bits per heavy atom. The average Bonchev–Trinajstić information content (AvgIpc) is 2.44. The average molecular weight is 288 g/mol. The molecule has 0 aromatic heterocycles. The minimum Gasteiger partial charge on any atom is -0.493 e. The summed E-state index contributed by atoms with van der Waals surface area (Å²) in [6.45, 7) is 13.4. The highest BCUT2D eigenvalue weighted by Crippen LogP contribution is 2.36. The van der Waals surface area contributed by atoms with Gasteiger partial charge in [0.15, 0.2) is 0 Å². The van der Waals surface area contributed by atoms with Crippen LogP contribution in [0, 0.1) is 0 Å². The number of para-hydroxylation sites is 1. The minimum absolute atomic E-state index is 0.195. The van der Waals surface area contributed by atoms with Crippen LogP contribution in [0.1, 0.15) is 45.6 Å². The molecule has 1 unspecified atom stereocenters. The van der Waals surface area contributed by atoms with Gasteiger partial charge in [0, 0.05) is 36.6 Å². The number of ether oxygens (including phenoxy) is 1. The Hall–Kier alpha value is -1.06. The van der Waals surface area contributed by atoms with Crippen LogP contribution in [0.25, 0.3) is 0 Å². The van der Waals surface area contributed by atoms with Crippen LogP contribution in [-0.2, 0) is 0 Å². The molecule has 2 aliphatic heterocycles. The molecular formula is C18H28N2O. The monoisotopic (exact) mass is 288 g/mol. The zero-order valence-corrected chi connectivity index (χ0v) is 13.8. The lowest BCUT2D eigenvalue weighted by Gasteiger charge is -2.51. The molecule has 1 N–H and O–H groups in total. The van der Waals surface area contributed by atoms with E-state index < -0.39 is 0 Å². The van der Waals surface area contributed by atoms with Gasteiger partial charge in [-0.2, -0.15) is 0 Å². The summed E-state index contributed by atoms with van der Waals surface area (Å²) in [4.78, 5) is 2.66. The predicted molar refractivity (Wildman–Crippen MR) is 87.0 cm³/mol. The van der Waals surface area contributed by atoms with Crippen LogP contribution in [0.15, 0.2) is 24.3 Å². The molecule has 0 amide bonds. The van der Waals surface area contributed by atoms with Gasteiger partial charge in [-0.05, 0) is 45.7 Å². The summed E-state index contributed by atoms with van der Waals surface area (Å²) in [6, 6.07) is 8.54. The summed E-state index contributed by atoms with van der Waals surface area (Å²) in [5, 5.41) is 3.67. The Bertz CT molecular complexity index is 510. The van der Waals surface area contributed by atoms with Gasteiger partial charge < -0.3 is 10.1 Å². The number of fused-ring (bicyclic) bond motifs is 1. The molecule has 1 aromatic carbocycles. The summed E-state index contributed by atoms with van der Waals surface area (Å²) in [5.74, 6) is 1.67. The van der Waals surface area contributed by atoms with E-state index in [1.807, 2.05) is 0 Å². The Labute approximate surface area is 128 Å². The number of piperazine rings is 1. The van der Waals surface area contributed by atoms with Crippen molar-refractivity contribution in [2.75, 3.05) is 26.2 Å². The lowest BCUT2D eigenvalue weighted by atomic mass is 9.87. The summed E-state index contributed by atoms with van der Waals surface area (Å²) < 4.78 is 5.80. The van der Waals surface area contributed by atoms with Crippen LogP contribution in [0.2, 0.25) is 0 Å². The maximum absolute atomic E-state index is 5.80. The van der Waals surface area contributed by atoms with Crippen molar-refractivity contribution < 1.29 is 4.74 Å². The van der Waals surface area contributed by atoms with Crippen LogP contribution < -0.4 is 10.1 Å². The standard InChI is InChI=1S/C18H28N2O/c1-17(2)13-20(18(3,4)12-19-17)11-14-9-10-21-16-8-6-5-7-15(14)16/h5-8,14,19H,9-13H2,1-4H3. The van der Waals surface area contributed by atoms with E-state index in [-0.39, 0.29) is 11.1 Å². The molecular weight excluding hydrogens is 260 g/mol. The van der Waals surface area contributed by atoms with E-state index in [1.54, 1.807) is 0 Å². The van der Waals surface area contributed by atoms with Gasteiger partial charge >= 0.3 is 0 Å². The lowest BCUT2D eigenvalue weighted by Crippen LogP contribution is -2.66. The van der Waals surface area contributed by atoms with E-state index in [9.17, 15) is 0 Å². The van der Waals surface area contributed by atoms with E-state index in [2.05, 4.69) is 62.2 Å². The van der Waals surface area contributed by atoms with Gasteiger partial charge in [-0.15, -0.1) is 0 Å². The Balaban J connectivity index is 1.80. The van der Waals surface area contributed by atoms with Crippen molar-refractivity contribution in [1.29, 1.82) is 0 Å². The highest BCUT2D eigenvalue weighted by Gasteiger charge is 2.39. The third-order valence-electron chi connectivity index (χ3n) is 4.97. The fourth-order valence-electron chi connectivity index (χ4n) is 3.50. The highest BCUT2D eigenvalue weighted by atomic mass is 16.5. The molecule has 3 rings (SSSR count). The molecule has 0 aliphatic carbocycles. The lowest BCUT2D eigenvalue weighted by molar-refractivity contribution is 0.0304. The first-order valence-electron chi connectivity index (χ1n) is 8.09. The number of benzene rings is 1. The molecule has 0 saturated carbocycles. The second-order valence-corrected chi connectivity index (χ2v) is 7.80. The molecule has 0 radical (unpaired) electrons. The summed E-state index contributed by atoms with van der Waals surface area (Å²) in [7, 11) is 0. The third-order valence-corrected chi connectivity index (χ3v) is 4.97. The van der Waals surface area contributed by atoms with Gasteiger partial charge in [0.1, 0.15) is 5.75 Å². The first-order valence-corrected chi connectivity index (χ1v) is 8.09. The maximum Gasteiger partial charge on any atom is 0.122 e. The molecule has 2 heterocycles. The SMILES string of the molecule is CC1(C)CN(CC2CCOc3ccccc32)C(C)(C)CN1. The summed E-state index contributed by atoms with van der Waals surface area (Å²) in [6.07, 6.45) is 1.12. The zero-order chi connectivity index (χ0) is 15.1.